The molecule has 8 nitrogen and oxygen atoms in total. The maximum atomic E-state index is 10.3. The number of aryl methyl sites for hydroxylation is 1. The van der Waals surface area contributed by atoms with Crippen LogP contribution >= 0.6 is 0 Å². The summed E-state index contributed by atoms with van der Waals surface area (Å²) in [6.07, 6.45) is 3.30. The van der Waals surface area contributed by atoms with E-state index in [4.69, 9.17) is 14.9 Å². The predicted molar refractivity (Wildman–Crippen MR) is 131 cm³/mol. The van der Waals surface area contributed by atoms with Gasteiger partial charge < -0.3 is 30.6 Å². The lowest BCUT2D eigenvalue weighted by Gasteiger charge is -2.02. The van der Waals surface area contributed by atoms with Crippen molar-refractivity contribution in [3.8, 4) is 17.1 Å². The Morgan fingerprint density at radius 1 is 1.15 bits per heavy atom. The van der Waals surface area contributed by atoms with Gasteiger partial charge in [-0.2, -0.15) is 0 Å². The predicted octanol–water partition coefficient (Wildman–Crippen LogP) is 4.21. The number of methoxy groups -OCH3 is 1. The molecule has 0 spiro atoms. The fraction of sp³-hybridized carbons (Fsp3) is 0.360. The Kier molecular flexibility index (Phi) is 13.7. The normalized spacial score (nSPS) is 13.8. The van der Waals surface area contributed by atoms with Gasteiger partial charge >= 0.3 is 6.09 Å². The number of carboxylic acid groups (broad SMARTS) is 1. The number of rotatable bonds is 4. The average molecular weight is 457 g/mol. The van der Waals surface area contributed by atoms with Crippen LogP contribution in [0.1, 0.15) is 31.4 Å². The van der Waals surface area contributed by atoms with Gasteiger partial charge in [0.05, 0.1) is 13.2 Å². The van der Waals surface area contributed by atoms with Gasteiger partial charge in [-0.1, -0.05) is 55.8 Å². The minimum absolute atomic E-state index is 0.0648. The largest absolute Gasteiger partial charge is 0.497 e. The molecule has 4 rings (SSSR count). The molecule has 1 aliphatic heterocycles. The first-order chi connectivity index (χ1) is 16.0. The van der Waals surface area contributed by atoms with E-state index in [0.717, 1.165) is 42.2 Å². The number of β-amino-alcohol motifs (C(OH)–C–C–N with tert-alkyl or cyclic N) is 1. The summed E-state index contributed by atoms with van der Waals surface area (Å²) in [6, 6.07) is 15.5. The van der Waals surface area contributed by atoms with Crippen molar-refractivity contribution in [2.75, 3.05) is 20.2 Å². The van der Waals surface area contributed by atoms with Crippen molar-refractivity contribution in [3.05, 3.63) is 72.1 Å². The fourth-order valence-electron chi connectivity index (χ4n) is 2.70. The number of aliphatic hydroxyl groups is 1. The molecule has 5 N–H and O–H groups in total. The van der Waals surface area contributed by atoms with E-state index in [2.05, 4.69) is 27.5 Å². The lowest BCUT2D eigenvalue weighted by molar-refractivity contribution is 0.194. The number of benzene rings is 2. The minimum atomic E-state index is -1.02. The topological polar surface area (TPSA) is 120 Å². The fourth-order valence-corrected chi connectivity index (χ4v) is 2.70. The molecule has 8 heteroatoms. The van der Waals surface area contributed by atoms with E-state index in [1.807, 2.05) is 62.4 Å². The van der Waals surface area contributed by atoms with Crippen LogP contribution in [0.15, 0.2) is 60.9 Å². The maximum Gasteiger partial charge on any atom is 0.404 e. The Bertz CT molecular complexity index is 876. The molecule has 33 heavy (non-hydrogen) atoms. The van der Waals surface area contributed by atoms with Gasteiger partial charge in [0.2, 0.25) is 0 Å². The summed E-state index contributed by atoms with van der Waals surface area (Å²) >= 11 is 0. The summed E-state index contributed by atoms with van der Waals surface area (Å²) in [5, 5.41) is 22.5. The summed E-state index contributed by atoms with van der Waals surface area (Å²) in [5.74, 6) is 1.72. The van der Waals surface area contributed by atoms with E-state index in [1.165, 1.54) is 5.56 Å². The number of carbonyl (C=O) groups is 1. The molecule has 0 aliphatic carbocycles. The van der Waals surface area contributed by atoms with Crippen LogP contribution in [0.5, 0.6) is 5.75 Å². The second-order valence-corrected chi connectivity index (χ2v) is 6.96. The average Bonchev–Trinajstić information content (AvgIpc) is 3.55. The lowest BCUT2D eigenvalue weighted by atomic mass is 10.1. The molecule has 1 atom stereocenters. The number of amides is 1. The minimum Gasteiger partial charge on any atom is -0.497 e. The second-order valence-electron chi connectivity index (χ2n) is 6.96. The number of aliphatic hydroxyl groups excluding tert-OH is 1. The van der Waals surface area contributed by atoms with Crippen molar-refractivity contribution in [3.63, 3.8) is 0 Å². The summed E-state index contributed by atoms with van der Waals surface area (Å²) in [6.45, 7) is 8.15. The molecule has 0 saturated carbocycles. The molecule has 0 radical (unpaired) electrons. The SMILES string of the molecule is CC.COc1ccc(C)cc1.O=C(O)NCc1ccc(-c2ncc[nH]2)cc1.OC1CCNC1. The molecule has 0 bridgehead atoms. The first kappa shape index (κ1) is 27.7. The third-order valence-corrected chi connectivity index (χ3v) is 4.46. The maximum absolute atomic E-state index is 10.3. The highest BCUT2D eigenvalue weighted by molar-refractivity contribution is 5.64. The third kappa shape index (κ3) is 11.7. The van der Waals surface area contributed by atoms with E-state index >= 15 is 0 Å². The van der Waals surface area contributed by atoms with Crippen LogP contribution < -0.4 is 15.4 Å². The smallest absolute Gasteiger partial charge is 0.404 e. The molecule has 180 valence electrons. The van der Waals surface area contributed by atoms with E-state index in [-0.39, 0.29) is 6.10 Å². The van der Waals surface area contributed by atoms with Gasteiger partial charge in [0.1, 0.15) is 11.6 Å². The molecule has 1 amide bonds. The van der Waals surface area contributed by atoms with Crippen LogP contribution in [0.3, 0.4) is 0 Å². The second kappa shape index (κ2) is 16.3. The lowest BCUT2D eigenvalue weighted by Crippen LogP contribution is -2.19. The quantitative estimate of drug-likeness (QED) is 0.401. The van der Waals surface area contributed by atoms with Crippen molar-refractivity contribution in [2.24, 2.45) is 0 Å². The molecule has 3 aromatic rings. The number of hydrogen-bond acceptors (Lipinski definition) is 5. The standard InChI is InChI=1S/C11H11N3O2.C8H10O.C4H9NO.C2H6/c15-11(16)14-7-8-1-3-9(4-2-8)10-12-5-6-13-10;1-7-3-5-8(9-2)6-4-7;6-4-1-2-5-3-4;1-2/h1-6,14H,7H2,(H,12,13)(H,15,16);3-6H,1-2H3;4-6H,1-3H2;1-2H3. The number of ether oxygens (including phenoxy) is 1. The Morgan fingerprint density at radius 3 is 2.24 bits per heavy atom. The van der Waals surface area contributed by atoms with E-state index in [1.54, 1.807) is 19.5 Å². The molecule has 1 aliphatic rings. The van der Waals surface area contributed by atoms with Crippen LogP contribution in [-0.2, 0) is 6.54 Å². The van der Waals surface area contributed by atoms with Crippen LogP contribution in [0.4, 0.5) is 4.79 Å². The first-order valence-electron chi connectivity index (χ1n) is 11.0. The highest BCUT2D eigenvalue weighted by Gasteiger charge is 2.08. The summed E-state index contributed by atoms with van der Waals surface area (Å²) in [4.78, 5) is 17.4. The zero-order chi connectivity index (χ0) is 24.5. The molecular formula is C25H36N4O4. The number of hydrogen-bond donors (Lipinski definition) is 5. The summed E-state index contributed by atoms with van der Waals surface area (Å²) in [5.41, 5.74) is 3.15. The molecule has 1 unspecified atom stereocenters. The Balaban J connectivity index is 0.000000269. The van der Waals surface area contributed by atoms with E-state index < -0.39 is 6.09 Å². The number of imidazole rings is 1. The highest BCUT2D eigenvalue weighted by Crippen LogP contribution is 2.14. The van der Waals surface area contributed by atoms with Crippen LogP contribution in [-0.4, -0.2) is 52.6 Å². The highest BCUT2D eigenvalue weighted by atomic mass is 16.5. The Morgan fingerprint density at radius 2 is 1.82 bits per heavy atom. The van der Waals surface area contributed by atoms with E-state index in [0.29, 0.717) is 6.54 Å². The van der Waals surface area contributed by atoms with Gasteiger partial charge in [-0.15, -0.1) is 0 Å². The van der Waals surface area contributed by atoms with Crippen molar-refractivity contribution >= 4 is 6.09 Å². The molecule has 2 heterocycles. The Labute approximate surface area is 196 Å². The van der Waals surface area contributed by atoms with Crippen molar-refractivity contribution in [2.45, 2.75) is 39.8 Å². The molecule has 1 saturated heterocycles. The zero-order valence-corrected chi connectivity index (χ0v) is 19.8. The van der Waals surface area contributed by atoms with Crippen LogP contribution in [0.2, 0.25) is 0 Å². The monoisotopic (exact) mass is 456 g/mol. The summed E-state index contributed by atoms with van der Waals surface area (Å²) in [7, 11) is 1.67. The number of aromatic nitrogens is 2. The number of nitrogens with zero attached hydrogens (tertiary/aromatic N) is 1. The van der Waals surface area contributed by atoms with E-state index in [9.17, 15) is 4.79 Å². The number of H-pyrrole nitrogens is 1. The molecule has 2 aromatic carbocycles. The van der Waals surface area contributed by atoms with Gasteiger partial charge in [-0.05, 0) is 37.6 Å². The zero-order valence-electron chi connectivity index (χ0n) is 19.8. The number of nitrogens with one attached hydrogen (secondary N) is 3. The third-order valence-electron chi connectivity index (χ3n) is 4.46. The summed E-state index contributed by atoms with van der Waals surface area (Å²) < 4.78 is 4.97. The Hall–Kier alpha value is -3.36. The van der Waals surface area contributed by atoms with Gasteiger partial charge in [-0.25, -0.2) is 9.78 Å². The van der Waals surface area contributed by atoms with Gasteiger partial charge in [-0.3, -0.25) is 0 Å². The van der Waals surface area contributed by atoms with Gasteiger partial charge in [0.15, 0.2) is 0 Å². The van der Waals surface area contributed by atoms with Crippen LogP contribution in [0.25, 0.3) is 11.4 Å². The van der Waals surface area contributed by atoms with Crippen molar-refractivity contribution in [1.29, 1.82) is 0 Å². The van der Waals surface area contributed by atoms with Gasteiger partial charge in [0.25, 0.3) is 0 Å². The van der Waals surface area contributed by atoms with Crippen molar-refractivity contribution < 1.29 is 19.7 Å². The van der Waals surface area contributed by atoms with Crippen molar-refractivity contribution in [1.82, 2.24) is 20.6 Å². The first-order valence-corrected chi connectivity index (χ1v) is 11.0. The molecule has 1 aromatic heterocycles. The molecular weight excluding hydrogens is 420 g/mol. The van der Waals surface area contributed by atoms with Gasteiger partial charge in [0, 0.05) is 31.0 Å². The molecule has 1 fully saturated rings. The van der Waals surface area contributed by atoms with Crippen LogP contribution in [0, 0.1) is 6.92 Å². The number of aromatic amines is 1.